The maximum absolute atomic E-state index is 10.9. The molecule has 2 aromatic rings. The first-order valence-electron chi connectivity index (χ1n) is 5.62. The molecule has 0 unspecified atom stereocenters. The lowest BCUT2D eigenvalue weighted by molar-refractivity contribution is 0.0696. The molecule has 0 atom stereocenters. The Morgan fingerprint density at radius 1 is 1.28 bits per heavy atom. The van der Waals surface area contributed by atoms with Crippen LogP contribution in [-0.2, 0) is 0 Å². The zero-order valence-corrected chi connectivity index (χ0v) is 9.96. The zero-order valence-electron chi connectivity index (χ0n) is 9.96. The summed E-state index contributed by atoms with van der Waals surface area (Å²) in [4.78, 5) is 14.8. The zero-order chi connectivity index (χ0) is 13.0. The summed E-state index contributed by atoms with van der Waals surface area (Å²) in [5, 5.41) is 8.93. The first kappa shape index (κ1) is 12.1. The van der Waals surface area contributed by atoms with E-state index >= 15 is 0 Å². The number of carbonyl (C=O) groups is 1. The molecule has 0 fully saturated rings. The molecule has 1 aromatic heterocycles. The molecule has 4 nitrogen and oxygen atoms in total. The fraction of sp³-hybridized carbons (Fsp3) is 0.143. The number of nitrogens with zero attached hydrogens (tertiary/aromatic N) is 1. The van der Waals surface area contributed by atoms with E-state index in [1.165, 1.54) is 6.20 Å². The number of aromatic nitrogens is 1. The first-order valence-corrected chi connectivity index (χ1v) is 5.62. The van der Waals surface area contributed by atoms with Crippen LogP contribution in [0.1, 0.15) is 17.3 Å². The van der Waals surface area contributed by atoms with E-state index < -0.39 is 5.97 Å². The third kappa shape index (κ3) is 2.66. The van der Waals surface area contributed by atoms with Crippen LogP contribution in [0.4, 0.5) is 0 Å². The van der Waals surface area contributed by atoms with E-state index in [1.54, 1.807) is 12.3 Å². The van der Waals surface area contributed by atoms with Crippen LogP contribution in [0.25, 0.3) is 11.1 Å². The summed E-state index contributed by atoms with van der Waals surface area (Å²) < 4.78 is 5.41. The monoisotopic (exact) mass is 243 g/mol. The van der Waals surface area contributed by atoms with Gasteiger partial charge in [-0.05, 0) is 30.7 Å². The molecule has 0 saturated carbocycles. The number of ether oxygens (including phenoxy) is 1. The van der Waals surface area contributed by atoms with Crippen LogP contribution in [0, 0.1) is 0 Å². The largest absolute Gasteiger partial charge is 0.494 e. The van der Waals surface area contributed by atoms with Gasteiger partial charge < -0.3 is 9.84 Å². The van der Waals surface area contributed by atoms with Crippen LogP contribution in [-0.4, -0.2) is 22.7 Å². The van der Waals surface area contributed by atoms with Gasteiger partial charge in [0.15, 0.2) is 0 Å². The van der Waals surface area contributed by atoms with E-state index in [0.717, 1.165) is 16.9 Å². The van der Waals surface area contributed by atoms with Gasteiger partial charge >= 0.3 is 5.97 Å². The van der Waals surface area contributed by atoms with Gasteiger partial charge in [-0.2, -0.15) is 0 Å². The van der Waals surface area contributed by atoms with Crippen molar-refractivity contribution >= 4 is 5.97 Å². The van der Waals surface area contributed by atoms with Crippen molar-refractivity contribution in [3.63, 3.8) is 0 Å². The van der Waals surface area contributed by atoms with Gasteiger partial charge in [-0.3, -0.25) is 4.98 Å². The van der Waals surface area contributed by atoms with Crippen LogP contribution in [0.15, 0.2) is 42.7 Å². The third-order valence-corrected chi connectivity index (χ3v) is 2.46. The lowest BCUT2D eigenvalue weighted by atomic mass is 10.1. The Balaban J connectivity index is 2.38. The summed E-state index contributed by atoms with van der Waals surface area (Å²) in [5.74, 6) is -0.221. The number of carboxylic acid groups (broad SMARTS) is 1. The smallest absolute Gasteiger partial charge is 0.337 e. The molecule has 0 saturated heterocycles. The summed E-state index contributed by atoms with van der Waals surface area (Å²) in [6.07, 6.45) is 2.97. The van der Waals surface area contributed by atoms with E-state index in [9.17, 15) is 4.79 Å². The van der Waals surface area contributed by atoms with Crippen molar-refractivity contribution in [3.05, 3.63) is 48.3 Å². The second-order valence-electron chi connectivity index (χ2n) is 3.73. The molecule has 1 aromatic carbocycles. The number of pyridine rings is 1. The van der Waals surface area contributed by atoms with Gasteiger partial charge in [0.05, 0.1) is 12.2 Å². The number of benzene rings is 1. The van der Waals surface area contributed by atoms with Crippen molar-refractivity contribution in [3.8, 4) is 16.9 Å². The molecule has 0 radical (unpaired) electrons. The van der Waals surface area contributed by atoms with Crippen molar-refractivity contribution in [2.24, 2.45) is 0 Å². The van der Waals surface area contributed by atoms with E-state index in [-0.39, 0.29) is 5.56 Å². The molecule has 0 spiro atoms. The topological polar surface area (TPSA) is 59.4 Å². The van der Waals surface area contributed by atoms with E-state index in [0.29, 0.717) is 6.61 Å². The van der Waals surface area contributed by atoms with E-state index in [2.05, 4.69) is 4.98 Å². The maximum Gasteiger partial charge on any atom is 0.337 e. The number of hydrogen-bond acceptors (Lipinski definition) is 3. The molecule has 92 valence electrons. The normalized spacial score (nSPS) is 10.1. The average Bonchev–Trinajstić information content (AvgIpc) is 2.39. The third-order valence-electron chi connectivity index (χ3n) is 2.46. The minimum atomic E-state index is -0.981. The SMILES string of the molecule is CCOc1cccc(-c2cncc(C(=O)O)c2)c1. The maximum atomic E-state index is 10.9. The highest BCUT2D eigenvalue weighted by Crippen LogP contribution is 2.23. The van der Waals surface area contributed by atoms with Crippen LogP contribution in [0.5, 0.6) is 5.75 Å². The van der Waals surface area contributed by atoms with Crippen molar-refractivity contribution in [1.29, 1.82) is 0 Å². The molecule has 2 rings (SSSR count). The first-order chi connectivity index (χ1) is 8.70. The molecule has 0 aliphatic carbocycles. The van der Waals surface area contributed by atoms with Crippen molar-refractivity contribution in [2.45, 2.75) is 6.92 Å². The summed E-state index contributed by atoms with van der Waals surface area (Å²) in [5.41, 5.74) is 1.82. The van der Waals surface area contributed by atoms with Gasteiger partial charge in [-0.25, -0.2) is 4.79 Å². The summed E-state index contributed by atoms with van der Waals surface area (Å²) in [6.45, 7) is 2.51. The summed E-state index contributed by atoms with van der Waals surface area (Å²) in [7, 11) is 0. The van der Waals surface area contributed by atoms with Gasteiger partial charge in [0, 0.05) is 18.0 Å². The number of aromatic carboxylic acids is 1. The fourth-order valence-electron chi connectivity index (χ4n) is 1.65. The quantitative estimate of drug-likeness (QED) is 0.897. The second kappa shape index (κ2) is 5.31. The Labute approximate surface area is 105 Å². The van der Waals surface area contributed by atoms with Crippen LogP contribution >= 0.6 is 0 Å². The average molecular weight is 243 g/mol. The van der Waals surface area contributed by atoms with Gasteiger partial charge in [0.2, 0.25) is 0 Å². The number of hydrogen-bond donors (Lipinski definition) is 1. The molecule has 0 aliphatic rings. The molecule has 4 heteroatoms. The minimum absolute atomic E-state index is 0.175. The van der Waals surface area contributed by atoms with Crippen molar-refractivity contribution < 1.29 is 14.6 Å². The van der Waals surface area contributed by atoms with Crippen molar-refractivity contribution in [1.82, 2.24) is 4.98 Å². The Morgan fingerprint density at radius 2 is 2.11 bits per heavy atom. The molecular formula is C14H13NO3. The Morgan fingerprint density at radius 3 is 2.83 bits per heavy atom. The van der Waals surface area contributed by atoms with Gasteiger partial charge in [0.25, 0.3) is 0 Å². The highest BCUT2D eigenvalue weighted by atomic mass is 16.5. The number of carboxylic acids is 1. The Kier molecular flexibility index (Phi) is 3.57. The molecule has 18 heavy (non-hydrogen) atoms. The van der Waals surface area contributed by atoms with Crippen molar-refractivity contribution in [2.75, 3.05) is 6.61 Å². The Hall–Kier alpha value is -2.36. The van der Waals surface area contributed by atoms with E-state index in [4.69, 9.17) is 9.84 Å². The van der Waals surface area contributed by atoms with Crippen LogP contribution in [0.3, 0.4) is 0 Å². The highest BCUT2D eigenvalue weighted by Gasteiger charge is 2.06. The molecule has 0 aliphatic heterocycles. The van der Waals surface area contributed by atoms with Gasteiger partial charge in [-0.1, -0.05) is 12.1 Å². The predicted molar refractivity (Wildman–Crippen MR) is 67.8 cm³/mol. The van der Waals surface area contributed by atoms with Crippen LogP contribution < -0.4 is 4.74 Å². The fourth-order valence-corrected chi connectivity index (χ4v) is 1.65. The summed E-state index contributed by atoms with van der Waals surface area (Å²) >= 11 is 0. The predicted octanol–water partition coefficient (Wildman–Crippen LogP) is 2.85. The highest BCUT2D eigenvalue weighted by molar-refractivity contribution is 5.88. The minimum Gasteiger partial charge on any atom is -0.494 e. The molecule has 0 amide bonds. The van der Waals surface area contributed by atoms with E-state index in [1.807, 2.05) is 31.2 Å². The standard InChI is InChI=1S/C14H13NO3/c1-2-18-13-5-3-4-10(7-13)11-6-12(14(16)17)9-15-8-11/h3-9H,2H2,1H3,(H,16,17). The molecule has 0 bridgehead atoms. The molecule has 1 heterocycles. The molecular weight excluding hydrogens is 230 g/mol. The second-order valence-corrected chi connectivity index (χ2v) is 3.73. The Bertz CT molecular complexity index is 566. The lowest BCUT2D eigenvalue weighted by Gasteiger charge is -2.06. The number of rotatable bonds is 4. The van der Waals surface area contributed by atoms with Gasteiger partial charge in [-0.15, -0.1) is 0 Å². The van der Waals surface area contributed by atoms with Gasteiger partial charge in [0.1, 0.15) is 5.75 Å². The molecule has 1 N–H and O–H groups in total. The summed E-state index contributed by atoms with van der Waals surface area (Å²) in [6, 6.07) is 9.09. The lowest BCUT2D eigenvalue weighted by Crippen LogP contribution is -1.97. The van der Waals surface area contributed by atoms with Crippen LogP contribution in [0.2, 0.25) is 0 Å².